The van der Waals surface area contributed by atoms with Crippen LogP contribution in [0.3, 0.4) is 0 Å². The summed E-state index contributed by atoms with van der Waals surface area (Å²) in [6.45, 7) is 0. The van der Waals surface area contributed by atoms with Crippen molar-refractivity contribution in [1.82, 2.24) is 13.7 Å². The van der Waals surface area contributed by atoms with Crippen molar-refractivity contribution < 1.29 is 0 Å². The first-order valence-electron chi connectivity index (χ1n) is 20.7. The van der Waals surface area contributed by atoms with Crippen LogP contribution in [0.5, 0.6) is 0 Å². The van der Waals surface area contributed by atoms with Crippen LogP contribution in [0, 0.1) is 0 Å². The molecule has 15 rings (SSSR count). The third-order valence-electron chi connectivity index (χ3n) is 13.6. The molecule has 3 nitrogen and oxygen atoms in total. The summed E-state index contributed by atoms with van der Waals surface area (Å²) in [4.78, 5) is 0. The van der Waals surface area contributed by atoms with Crippen molar-refractivity contribution in [2.24, 2.45) is 0 Å². The second-order valence-corrected chi connectivity index (χ2v) is 16.4. The number of hydrogen-bond donors (Lipinski definition) is 0. The van der Waals surface area contributed by atoms with Gasteiger partial charge in [-0.05, 0) is 106 Å². The Kier molecular flexibility index (Phi) is 6.13. The van der Waals surface area contributed by atoms with Crippen molar-refractivity contribution in [1.29, 1.82) is 0 Å². The number of benzene rings is 9. The maximum Gasteiger partial charge on any atom is 0.0544 e. The second-order valence-electron chi connectivity index (χ2n) is 16.4. The van der Waals surface area contributed by atoms with Crippen LogP contribution in [0.25, 0.3) is 82.5 Å². The Morgan fingerprint density at radius 2 is 0.661 bits per heavy atom. The van der Waals surface area contributed by atoms with Crippen LogP contribution in [0.1, 0.15) is 45.2 Å². The normalized spacial score (nSPS) is 15.5. The van der Waals surface area contributed by atoms with Gasteiger partial charge in [0.15, 0.2) is 0 Å². The zero-order chi connectivity index (χ0) is 38.3. The van der Waals surface area contributed by atoms with E-state index in [0.29, 0.717) is 0 Å². The van der Waals surface area contributed by atoms with Gasteiger partial charge in [-0.25, -0.2) is 0 Å². The monoisotopic (exact) mass is 749 g/mol. The summed E-state index contributed by atoms with van der Waals surface area (Å²) in [5.74, 6) is 0.227. The Morgan fingerprint density at radius 1 is 0.254 bits per heavy atom. The van der Waals surface area contributed by atoms with Crippen LogP contribution < -0.4 is 0 Å². The number of nitrogens with zero attached hydrogens (tertiary/aromatic N) is 3. The molecule has 59 heavy (non-hydrogen) atoms. The van der Waals surface area contributed by atoms with Crippen molar-refractivity contribution in [3.05, 3.63) is 234 Å². The van der Waals surface area contributed by atoms with E-state index in [1.54, 1.807) is 0 Å². The average molecular weight is 750 g/mol. The van der Waals surface area contributed by atoms with E-state index in [1.807, 2.05) is 0 Å². The van der Waals surface area contributed by atoms with Crippen molar-refractivity contribution in [3.8, 4) is 17.1 Å². The van der Waals surface area contributed by atoms with E-state index in [0.717, 1.165) is 0 Å². The highest BCUT2D eigenvalue weighted by Gasteiger charge is 2.44. The standard InChI is InChI=1S/C56H35N3/c1-3-15-34(16-4-1)57-45-24-12-9-19-37(45)44-33-36(27-30-48(44)57)59-47-26-14-11-23-41(47)53-50(59)32-29-43-51-38-20-7-8-21-39(38)54(56(43)53)55-42(51)28-31-49-52(55)40-22-10-13-25-46(40)58(49)35-17-5-2-6-18-35/h1-33,51,54H. The molecule has 0 saturated heterocycles. The number of rotatable bonds is 3. The summed E-state index contributed by atoms with van der Waals surface area (Å²) in [6, 6.07) is 74.6. The van der Waals surface area contributed by atoms with Gasteiger partial charge in [0.25, 0.3) is 0 Å². The van der Waals surface area contributed by atoms with E-state index in [4.69, 9.17) is 0 Å². The molecule has 3 heterocycles. The summed E-state index contributed by atoms with van der Waals surface area (Å²) in [5.41, 5.74) is 19.6. The van der Waals surface area contributed by atoms with E-state index in [-0.39, 0.29) is 11.8 Å². The first-order chi connectivity index (χ1) is 29.3. The summed E-state index contributed by atoms with van der Waals surface area (Å²) in [7, 11) is 0. The molecule has 0 aliphatic heterocycles. The molecule has 3 aliphatic carbocycles. The van der Waals surface area contributed by atoms with Crippen molar-refractivity contribution in [2.75, 3.05) is 0 Å². The lowest BCUT2D eigenvalue weighted by Gasteiger charge is -2.43. The first kappa shape index (κ1) is 31.5. The molecule has 12 aromatic rings. The quantitative estimate of drug-likeness (QED) is 0.171. The van der Waals surface area contributed by atoms with Gasteiger partial charge in [0, 0.05) is 61.2 Å². The van der Waals surface area contributed by atoms with Gasteiger partial charge in [-0.15, -0.1) is 0 Å². The van der Waals surface area contributed by atoms with Gasteiger partial charge in [-0.1, -0.05) is 127 Å². The highest BCUT2D eigenvalue weighted by atomic mass is 15.0. The first-order valence-corrected chi connectivity index (χ1v) is 20.7. The minimum Gasteiger partial charge on any atom is -0.309 e. The van der Waals surface area contributed by atoms with Gasteiger partial charge in [0.1, 0.15) is 0 Å². The molecule has 3 aromatic heterocycles. The third kappa shape index (κ3) is 4.01. The predicted octanol–water partition coefficient (Wildman–Crippen LogP) is 14.0. The van der Waals surface area contributed by atoms with Crippen LogP contribution in [0.4, 0.5) is 0 Å². The van der Waals surface area contributed by atoms with Crippen LogP contribution in [-0.4, -0.2) is 13.7 Å². The van der Waals surface area contributed by atoms with Gasteiger partial charge < -0.3 is 13.7 Å². The molecule has 2 bridgehead atoms. The molecule has 0 amide bonds. The van der Waals surface area contributed by atoms with Crippen LogP contribution in [-0.2, 0) is 0 Å². The molecule has 0 saturated carbocycles. The highest BCUT2D eigenvalue weighted by Crippen LogP contribution is 2.60. The lowest BCUT2D eigenvalue weighted by Crippen LogP contribution is -2.28. The SMILES string of the molecule is c1ccc(-n2c3ccccc3c3cc(-n4c5ccccc5c5c6c(ccc54)C4c5ccccc5C6c5c4ccc4c5c5ccccc5n4-c4ccccc4)ccc32)cc1. The van der Waals surface area contributed by atoms with E-state index in [9.17, 15) is 0 Å². The summed E-state index contributed by atoms with van der Waals surface area (Å²) in [5, 5.41) is 7.87. The van der Waals surface area contributed by atoms with Crippen LogP contribution in [0.2, 0.25) is 0 Å². The Morgan fingerprint density at radius 3 is 1.24 bits per heavy atom. The number of aromatic nitrogens is 3. The zero-order valence-corrected chi connectivity index (χ0v) is 32.0. The largest absolute Gasteiger partial charge is 0.309 e. The van der Waals surface area contributed by atoms with E-state index < -0.39 is 0 Å². The fourth-order valence-corrected chi connectivity index (χ4v) is 11.4. The fraction of sp³-hybridized carbons (Fsp3) is 0.0357. The minimum atomic E-state index is 0.0780. The molecule has 0 fully saturated rings. The number of fused-ring (bicyclic) bond motifs is 9. The summed E-state index contributed by atoms with van der Waals surface area (Å²) in [6.07, 6.45) is 0. The summed E-state index contributed by atoms with van der Waals surface area (Å²) >= 11 is 0. The molecular formula is C56H35N3. The van der Waals surface area contributed by atoms with Crippen molar-refractivity contribution in [3.63, 3.8) is 0 Å². The maximum atomic E-state index is 2.52. The molecule has 0 N–H and O–H groups in total. The highest BCUT2D eigenvalue weighted by molar-refractivity contribution is 6.16. The van der Waals surface area contributed by atoms with Crippen LogP contribution >= 0.6 is 0 Å². The molecule has 274 valence electrons. The van der Waals surface area contributed by atoms with Gasteiger partial charge in [0.05, 0.1) is 33.1 Å². The van der Waals surface area contributed by atoms with E-state index in [1.165, 1.54) is 116 Å². The van der Waals surface area contributed by atoms with Gasteiger partial charge in [0.2, 0.25) is 0 Å². The van der Waals surface area contributed by atoms with Gasteiger partial charge >= 0.3 is 0 Å². The molecular weight excluding hydrogens is 715 g/mol. The maximum absolute atomic E-state index is 2.52. The number of para-hydroxylation sites is 5. The molecule has 0 spiro atoms. The van der Waals surface area contributed by atoms with Crippen molar-refractivity contribution >= 4 is 65.4 Å². The van der Waals surface area contributed by atoms with Gasteiger partial charge in [-0.2, -0.15) is 0 Å². The fourth-order valence-electron chi connectivity index (χ4n) is 11.4. The zero-order valence-electron chi connectivity index (χ0n) is 32.0. The lowest BCUT2D eigenvalue weighted by molar-refractivity contribution is 0.768. The Balaban J connectivity index is 1.07. The molecule has 2 atom stereocenters. The van der Waals surface area contributed by atoms with E-state index >= 15 is 0 Å². The predicted molar refractivity (Wildman–Crippen MR) is 244 cm³/mol. The molecule has 9 aromatic carbocycles. The minimum absolute atomic E-state index is 0.0780. The molecule has 2 unspecified atom stereocenters. The summed E-state index contributed by atoms with van der Waals surface area (Å²) < 4.78 is 7.39. The average Bonchev–Trinajstić information content (AvgIpc) is 3.95. The van der Waals surface area contributed by atoms with Gasteiger partial charge in [-0.3, -0.25) is 0 Å². The topological polar surface area (TPSA) is 14.8 Å². The Hall–Kier alpha value is -7.62. The third-order valence-corrected chi connectivity index (χ3v) is 13.6. The molecule has 3 heteroatoms. The Bertz CT molecular complexity index is 3730. The number of hydrogen-bond acceptors (Lipinski definition) is 0. The molecule has 0 radical (unpaired) electrons. The lowest BCUT2D eigenvalue weighted by atomic mass is 9.59. The Labute approximate surface area is 340 Å². The molecule has 3 aliphatic rings. The van der Waals surface area contributed by atoms with Crippen LogP contribution in [0.15, 0.2) is 200 Å². The van der Waals surface area contributed by atoms with E-state index in [2.05, 4.69) is 214 Å². The van der Waals surface area contributed by atoms with Crippen molar-refractivity contribution in [2.45, 2.75) is 11.8 Å². The second kappa shape index (κ2) is 11.5. The smallest absolute Gasteiger partial charge is 0.0544 e.